The molecule has 0 aliphatic carbocycles. The molecule has 2 rings (SSSR count). The summed E-state index contributed by atoms with van der Waals surface area (Å²) in [5.74, 6) is 0.130. The molecule has 0 saturated carbocycles. The number of amides is 1. The Kier molecular flexibility index (Phi) is 3.94. The minimum Gasteiger partial charge on any atom is -0.334 e. The van der Waals surface area contributed by atoms with Crippen LogP contribution in [0.2, 0.25) is 0 Å². The van der Waals surface area contributed by atoms with Crippen LogP contribution >= 0.6 is 0 Å². The summed E-state index contributed by atoms with van der Waals surface area (Å²) in [7, 11) is 0. The van der Waals surface area contributed by atoms with Gasteiger partial charge in [0.25, 0.3) is 0 Å². The number of carbonyl (C=O) groups excluding carboxylic acids is 1. The van der Waals surface area contributed by atoms with E-state index in [4.69, 9.17) is 0 Å². The molecule has 0 spiro atoms. The first-order chi connectivity index (χ1) is 7.84. The standard InChI is InChI=1S/C13H18N2O/c16-13(8-11-15-9-4-5-10-15)14-12-6-2-1-3-7-12/h1-3,6-7H,4-5,8-11H2,(H,14,16)/p+1. The van der Waals surface area contributed by atoms with E-state index in [-0.39, 0.29) is 5.91 Å². The van der Waals surface area contributed by atoms with Crippen LogP contribution in [-0.2, 0) is 4.79 Å². The fraction of sp³-hybridized carbons (Fsp3) is 0.462. The predicted molar refractivity (Wildman–Crippen MR) is 64.5 cm³/mol. The summed E-state index contributed by atoms with van der Waals surface area (Å²) in [5, 5.41) is 2.91. The Morgan fingerprint density at radius 1 is 1.19 bits per heavy atom. The molecule has 16 heavy (non-hydrogen) atoms. The molecule has 0 aromatic heterocycles. The predicted octanol–water partition coefficient (Wildman–Crippen LogP) is 0.694. The van der Waals surface area contributed by atoms with E-state index in [0.717, 1.165) is 12.2 Å². The molecule has 1 saturated heterocycles. The van der Waals surface area contributed by atoms with Crippen molar-refractivity contribution in [2.45, 2.75) is 19.3 Å². The molecule has 0 radical (unpaired) electrons. The maximum Gasteiger partial charge on any atom is 0.230 e. The van der Waals surface area contributed by atoms with Crippen molar-refractivity contribution >= 4 is 11.6 Å². The van der Waals surface area contributed by atoms with Crippen LogP contribution in [-0.4, -0.2) is 25.5 Å². The molecule has 1 aromatic rings. The van der Waals surface area contributed by atoms with E-state index in [1.54, 1.807) is 4.90 Å². The average molecular weight is 219 g/mol. The highest BCUT2D eigenvalue weighted by Crippen LogP contribution is 2.04. The fourth-order valence-corrected chi connectivity index (χ4v) is 2.16. The Balaban J connectivity index is 1.72. The topological polar surface area (TPSA) is 33.5 Å². The van der Waals surface area contributed by atoms with Crippen molar-refractivity contribution < 1.29 is 9.69 Å². The van der Waals surface area contributed by atoms with Gasteiger partial charge in [0, 0.05) is 18.5 Å². The SMILES string of the molecule is O=C(CC[NH+]1CCCC1)Nc1ccccc1. The van der Waals surface area contributed by atoms with Crippen molar-refractivity contribution in [3.05, 3.63) is 30.3 Å². The molecular formula is C13H19N2O+. The van der Waals surface area contributed by atoms with Gasteiger partial charge in [0.15, 0.2) is 0 Å². The van der Waals surface area contributed by atoms with Crippen LogP contribution in [0.5, 0.6) is 0 Å². The van der Waals surface area contributed by atoms with Gasteiger partial charge in [-0.2, -0.15) is 0 Å². The second-order valence-electron chi connectivity index (χ2n) is 4.37. The van der Waals surface area contributed by atoms with Crippen LogP contribution in [0.25, 0.3) is 0 Å². The molecule has 1 aliphatic rings. The summed E-state index contributed by atoms with van der Waals surface area (Å²) >= 11 is 0. The number of anilines is 1. The summed E-state index contributed by atoms with van der Waals surface area (Å²) in [5.41, 5.74) is 0.893. The molecule has 0 atom stereocenters. The lowest BCUT2D eigenvalue weighted by Gasteiger charge is -2.11. The summed E-state index contributed by atoms with van der Waals surface area (Å²) < 4.78 is 0. The van der Waals surface area contributed by atoms with Crippen molar-refractivity contribution in [3.8, 4) is 0 Å². The van der Waals surface area contributed by atoms with Gasteiger partial charge in [-0.15, -0.1) is 0 Å². The van der Waals surface area contributed by atoms with Gasteiger partial charge in [-0.05, 0) is 12.1 Å². The zero-order valence-electron chi connectivity index (χ0n) is 9.54. The number of para-hydroxylation sites is 1. The maximum absolute atomic E-state index is 11.6. The molecule has 2 N–H and O–H groups in total. The Morgan fingerprint density at radius 3 is 2.56 bits per heavy atom. The van der Waals surface area contributed by atoms with Crippen molar-refractivity contribution in [2.24, 2.45) is 0 Å². The molecule has 3 nitrogen and oxygen atoms in total. The first kappa shape index (κ1) is 11.1. The third-order valence-corrected chi connectivity index (χ3v) is 3.07. The van der Waals surface area contributed by atoms with Crippen molar-refractivity contribution in [2.75, 3.05) is 25.0 Å². The molecule has 1 aliphatic heterocycles. The number of nitrogens with one attached hydrogen (secondary N) is 2. The highest BCUT2D eigenvalue weighted by Gasteiger charge is 2.16. The lowest BCUT2D eigenvalue weighted by Crippen LogP contribution is -3.10. The van der Waals surface area contributed by atoms with Gasteiger partial charge in [-0.3, -0.25) is 4.79 Å². The quantitative estimate of drug-likeness (QED) is 0.767. The van der Waals surface area contributed by atoms with Crippen LogP contribution in [0.1, 0.15) is 19.3 Å². The summed E-state index contributed by atoms with van der Waals surface area (Å²) in [4.78, 5) is 13.2. The number of hydrogen-bond donors (Lipinski definition) is 2. The van der Waals surface area contributed by atoms with E-state index in [9.17, 15) is 4.79 Å². The fourth-order valence-electron chi connectivity index (χ4n) is 2.16. The van der Waals surface area contributed by atoms with E-state index in [1.807, 2.05) is 30.3 Å². The highest BCUT2D eigenvalue weighted by molar-refractivity contribution is 5.90. The molecule has 3 heteroatoms. The number of benzene rings is 1. The number of likely N-dealkylation sites (tertiary alicyclic amines) is 1. The minimum absolute atomic E-state index is 0.130. The van der Waals surface area contributed by atoms with E-state index < -0.39 is 0 Å². The van der Waals surface area contributed by atoms with E-state index in [2.05, 4.69) is 5.32 Å². The number of carbonyl (C=O) groups is 1. The normalized spacial score (nSPS) is 16.2. The Bertz CT molecular complexity index is 331. The smallest absolute Gasteiger partial charge is 0.230 e. The molecule has 1 amide bonds. The number of hydrogen-bond acceptors (Lipinski definition) is 1. The van der Waals surface area contributed by atoms with Crippen LogP contribution < -0.4 is 10.2 Å². The maximum atomic E-state index is 11.6. The van der Waals surface area contributed by atoms with E-state index >= 15 is 0 Å². The number of quaternary nitrogens is 1. The monoisotopic (exact) mass is 219 g/mol. The van der Waals surface area contributed by atoms with Crippen molar-refractivity contribution in [3.63, 3.8) is 0 Å². The Labute approximate surface area is 96.5 Å². The van der Waals surface area contributed by atoms with Crippen LogP contribution in [0.15, 0.2) is 30.3 Å². The van der Waals surface area contributed by atoms with Crippen LogP contribution in [0, 0.1) is 0 Å². The lowest BCUT2D eigenvalue weighted by atomic mass is 10.3. The molecular weight excluding hydrogens is 200 g/mol. The third-order valence-electron chi connectivity index (χ3n) is 3.07. The Morgan fingerprint density at radius 2 is 1.88 bits per heavy atom. The van der Waals surface area contributed by atoms with Gasteiger partial charge in [-0.25, -0.2) is 0 Å². The van der Waals surface area contributed by atoms with Gasteiger partial charge in [0.05, 0.1) is 26.1 Å². The van der Waals surface area contributed by atoms with Crippen LogP contribution in [0.4, 0.5) is 5.69 Å². The summed E-state index contributed by atoms with van der Waals surface area (Å²) in [6.07, 6.45) is 3.26. The van der Waals surface area contributed by atoms with Crippen LogP contribution in [0.3, 0.4) is 0 Å². The van der Waals surface area contributed by atoms with Gasteiger partial charge in [0.1, 0.15) is 0 Å². The average Bonchev–Trinajstić information content (AvgIpc) is 2.81. The summed E-state index contributed by atoms with van der Waals surface area (Å²) in [6.45, 7) is 3.44. The number of rotatable bonds is 4. The van der Waals surface area contributed by atoms with Gasteiger partial charge in [-0.1, -0.05) is 18.2 Å². The highest BCUT2D eigenvalue weighted by atomic mass is 16.1. The molecule has 86 valence electrons. The lowest BCUT2D eigenvalue weighted by molar-refractivity contribution is -0.886. The van der Waals surface area contributed by atoms with Gasteiger partial charge < -0.3 is 10.2 Å². The molecule has 0 bridgehead atoms. The third kappa shape index (κ3) is 3.35. The summed E-state index contributed by atoms with van der Waals surface area (Å²) in [6, 6.07) is 9.65. The second-order valence-corrected chi connectivity index (χ2v) is 4.37. The molecule has 1 heterocycles. The van der Waals surface area contributed by atoms with E-state index in [1.165, 1.54) is 25.9 Å². The minimum atomic E-state index is 0.130. The van der Waals surface area contributed by atoms with E-state index in [0.29, 0.717) is 6.42 Å². The first-order valence-corrected chi connectivity index (χ1v) is 6.03. The first-order valence-electron chi connectivity index (χ1n) is 6.03. The molecule has 0 unspecified atom stereocenters. The molecule has 1 aromatic carbocycles. The zero-order valence-corrected chi connectivity index (χ0v) is 9.54. The van der Waals surface area contributed by atoms with Crippen molar-refractivity contribution in [1.82, 2.24) is 0 Å². The van der Waals surface area contributed by atoms with Crippen molar-refractivity contribution in [1.29, 1.82) is 0 Å². The zero-order chi connectivity index (χ0) is 11.2. The largest absolute Gasteiger partial charge is 0.334 e. The second kappa shape index (κ2) is 5.66. The Hall–Kier alpha value is -1.35. The molecule has 1 fully saturated rings. The van der Waals surface area contributed by atoms with Gasteiger partial charge in [0.2, 0.25) is 5.91 Å². The van der Waals surface area contributed by atoms with Gasteiger partial charge >= 0.3 is 0 Å².